The van der Waals surface area contributed by atoms with Crippen molar-refractivity contribution in [1.29, 1.82) is 0 Å². The van der Waals surface area contributed by atoms with Crippen LogP contribution < -0.4 is 9.47 Å². The molecular weight excluding hydrogens is 272 g/mol. The van der Waals surface area contributed by atoms with Crippen molar-refractivity contribution in [3.05, 3.63) is 23.8 Å². The Kier molecular flexibility index (Phi) is 3.57. The maximum atomic E-state index is 12.0. The minimum Gasteiger partial charge on any atom is -0.497 e. The van der Waals surface area contributed by atoms with Crippen LogP contribution in [-0.2, 0) is 20.9 Å². The summed E-state index contributed by atoms with van der Waals surface area (Å²) in [5.41, 5.74) is 0.781. The topological polar surface area (TPSA) is 61.8 Å². The highest BCUT2D eigenvalue weighted by atomic mass is 16.5. The van der Waals surface area contributed by atoms with E-state index in [-0.39, 0.29) is 36.1 Å². The number of hydrogen-bond donors (Lipinski definition) is 0. The number of hydrogen-bond acceptors (Lipinski definition) is 5. The van der Waals surface area contributed by atoms with E-state index < -0.39 is 0 Å². The lowest BCUT2D eigenvalue weighted by Crippen LogP contribution is -2.13. The van der Waals surface area contributed by atoms with E-state index in [1.807, 2.05) is 6.07 Å². The molecule has 2 aliphatic carbocycles. The number of Topliss-reactive ketones (excluding diaryl/α,β-unsaturated/α-hetero) is 1. The van der Waals surface area contributed by atoms with Crippen LogP contribution in [0.1, 0.15) is 18.4 Å². The third kappa shape index (κ3) is 2.48. The molecule has 1 aromatic rings. The van der Waals surface area contributed by atoms with Crippen LogP contribution in [0, 0.1) is 17.8 Å². The molecule has 0 spiro atoms. The van der Waals surface area contributed by atoms with E-state index in [4.69, 9.17) is 14.2 Å². The van der Waals surface area contributed by atoms with E-state index in [0.717, 1.165) is 12.0 Å². The lowest BCUT2D eigenvalue weighted by Gasteiger charge is -2.11. The van der Waals surface area contributed by atoms with Crippen LogP contribution in [0.2, 0.25) is 0 Å². The van der Waals surface area contributed by atoms with Crippen molar-refractivity contribution in [2.24, 2.45) is 17.8 Å². The number of rotatable bonds is 5. The fourth-order valence-electron chi connectivity index (χ4n) is 3.19. The maximum absolute atomic E-state index is 12.0. The fourth-order valence-corrected chi connectivity index (χ4v) is 3.19. The Balaban J connectivity index is 1.60. The lowest BCUT2D eigenvalue weighted by molar-refractivity contribution is -0.148. The summed E-state index contributed by atoms with van der Waals surface area (Å²) >= 11 is 0. The van der Waals surface area contributed by atoms with E-state index >= 15 is 0 Å². The second-order valence-corrected chi connectivity index (χ2v) is 5.51. The summed E-state index contributed by atoms with van der Waals surface area (Å²) in [6.45, 7) is 0.149. The molecule has 21 heavy (non-hydrogen) atoms. The van der Waals surface area contributed by atoms with Crippen molar-refractivity contribution in [1.82, 2.24) is 0 Å². The van der Waals surface area contributed by atoms with Gasteiger partial charge in [0.25, 0.3) is 0 Å². The second kappa shape index (κ2) is 5.39. The van der Waals surface area contributed by atoms with E-state index in [1.54, 1.807) is 26.4 Å². The predicted molar refractivity (Wildman–Crippen MR) is 74.1 cm³/mol. The van der Waals surface area contributed by atoms with E-state index in [1.165, 1.54) is 0 Å². The van der Waals surface area contributed by atoms with Gasteiger partial charge in [-0.3, -0.25) is 9.59 Å². The number of methoxy groups -OCH3 is 2. The highest BCUT2D eigenvalue weighted by molar-refractivity contribution is 5.94. The van der Waals surface area contributed by atoms with Crippen molar-refractivity contribution >= 4 is 11.8 Å². The molecular formula is C16H18O5. The van der Waals surface area contributed by atoms with Gasteiger partial charge in [0, 0.05) is 24.0 Å². The molecule has 5 nitrogen and oxygen atoms in total. The van der Waals surface area contributed by atoms with Crippen LogP contribution in [0.25, 0.3) is 0 Å². The molecule has 0 bridgehead atoms. The standard InChI is InChI=1S/C16H18O5/c1-19-10-4-3-9(13(7-10)20-2)8-21-16(18)15-11-5-6-12(17)14(11)15/h3-4,7,11,14-15H,5-6,8H2,1-2H3/t11-,14-,15+/m1/s1. The minimum absolute atomic E-state index is 0.0738. The molecule has 0 aromatic heterocycles. The summed E-state index contributed by atoms with van der Waals surface area (Å²) in [6, 6.07) is 5.35. The molecule has 0 unspecified atom stereocenters. The normalized spacial score (nSPS) is 26.2. The highest BCUT2D eigenvalue weighted by Crippen LogP contribution is 2.56. The van der Waals surface area contributed by atoms with Crippen LogP contribution in [0.15, 0.2) is 18.2 Å². The maximum Gasteiger partial charge on any atom is 0.310 e. The lowest BCUT2D eigenvalue weighted by atomic mass is 10.1. The van der Waals surface area contributed by atoms with Crippen LogP contribution in [0.3, 0.4) is 0 Å². The van der Waals surface area contributed by atoms with E-state index in [0.29, 0.717) is 17.9 Å². The summed E-state index contributed by atoms with van der Waals surface area (Å²) in [4.78, 5) is 23.6. The molecule has 2 aliphatic rings. The first kappa shape index (κ1) is 13.9. The quantitative estimate of drug-likeness (QED) is 0.776. The third-order valence-corrected chi connectivity index (χ3v) is 4.40. The zero-order valence-corrected chi connectivity index (χ0v) is 12.1. The highest BCUT2D eigenvalue weighted by Gasteiger charge is 2.62. The van der Waals surface area contributed by atoms with Gasteiger partial charge in [0.1, 0.15) is 23.9 Å². The van der Waals surface area contributed by atoms with Gasteiger partial charge < -0.3 is 14.2 Å². The summed E-state index contributed by atoms with van der Waals surface area (Å²) in [6.07, 6.45) is 1.44. The minimum atomic E-state index is -0.268. The average Bonchev–Trinajstić information content (AvgIpc) is 3.13. The SMILES string of the molecule is COc1ccc(COC(=O)[C@H]2[C@@H]3CCC(=O)[C@@H]32)c(OC)c1. The van der Waals surface area contributed by atoms with Crippen LogP contribution in [0.5, 0.6) is 11.5 Å². The van der Waals surface area contributed by atoms with Gasteiger partial charge in [0.15, 0.2) is 0 Å². The largest absolute Gasteiger partial charge is 0.497 e. The number of ether oxygens (including phenoxy) is 3. The number of ketones is 1. The van der Waals surface area contributed by atoms with Crippen molar-refractivity contribution in [3.8, 4) is 11.5 Å². The summed E-state index contributed by atoms with van der Waals surface area (Å²) < 4.78 is 15.7. The third-order valence-electron chi connectivity index (χ3n) is 4.40. The predicted octanol–water partition coefficient (Wildman–Crippen LogP) is 1.97. The molecule has 2 fully saturated rings. The molecule has 2 saturated carbocycles. The number of esters is 1. The van der Waals surface area contributed by atoms with Crippen LogP contribution >= 0.6 is 0 Å². The molecule has 0 heterocycles. The molecule has 112 valence electrons. The smallest absolute Gasteiger partial charge is 0.310 e. The molecule has 0 saturated heterocycles. The number of benzene rings is 1. The zero-order valence-electron chi connectivity index (χ0n) is 12.1. The Morgan fingerprint density at radius 3 is 2.71 bits per heavy atom. The molecule has 1 aromatic carbocycles. The Labute approximate surface area is 123 Å². The molecule has 0 N–H and O–H groups in total. The second-order valence-electron chi connectivity index (χ2n) is 5.51. The van der Waals surface area contributed by atoms with Gasteiger partial charge in [-0.05, 0) is 24.5 Å². The molecule has 0 aliphatic heterocycles. The number of fused-ring (bicyclic) bond motifs is 1. The Bertz CT molecular complexity index is 580. The fraction of sp³-hybridized carbons (Fsp3) is 0.500. The monoisotopic (exact) mass is 290 g/mol. The first-order valence-electron chi connectivity index (χ1n) is 7.06. The van der Waals surface area contributed by atoms with Gasteiger partial charge in [-0.25, -0.2) is 0 Å². The molecule has 0 amide bonds. The molecule has 3 rings (SSSR count). The van der Waals surface area contributed by atoms with Crippen molar-refractivity contribution in [2.75, 3.05) is 14.2 Å². The summed E-state index contributed by atoms with van der Waals surface area (Å²) in [5.74, 6) is 1.19. The Morgan fingerprint density at radius 1 is 1.29 bits per heavy atom. The van der Waals surface area contributed by atoms with E-state index in [2.05, 4.69) is 0 Å². The molecule has 0 radical (unpaired) electrons. The first-order chi connectivity index (χ1) is 10.2. The van der Waals surface area contributed by atoms with Crippen molar-refractivity contribution in [3.63, 3.8) is 0 Å². The zero-order chi connectivity index (χ0) is 15.0. The summed E-state index contributed by atoms with van der Waals surface area (Å²) in [5, 5.41) is 0. The van der Waals surface area contributed by atoms with Gasteiger partial charge >= 0.3 is 5.97 Å². The Morgan fingerprint density at radius 2 is 2.10 bits per heavy atom. The summed E-state index contributed by atoms with van der Waals surface area (Å²) in [7, 11) is 3.14. The van der Waals surface area contributed by atoms with Crippen LogP contribution in [-0.4, -0.2) is 26.0 Å². The molecule has 5 heteroatoms. The van der Waals surface area contributed by atoms with Gasteiger partial charge in [-0.15, -0.1) is 0 Å². The number of carbonyl (C=O) groups is 2. The van der Waals surface area contributed by atoms with Crippen molar-refractivity contribution < 1.29 is 23.8 Å². The number of carbonyl (C=O) groups excluding carboxylic acids is 2. The van der Waals surface area contributed by atoms with Crippen molar-refractivity contribution in [2.45, 2.75) is 19.4 Å². The van der Waals surface area contributed by atoms with Crippen LogP contribution in [0.4, 0.5) is 0 Å². The van der Waals surface area contributed by atoms with Gasteiger partial charge in [0.2, 0.25) is 0 Å². The Hall–Kier alpha value is -2.04. The van der Waals surface area contributed by atoms with E-state index in [9.17, 15) is 9.59 Å². The first-order valence-corrected chi connectivity index (χ1v) is 7.06. The van der Waals surface area contributed by atoms with Gasteiger partial charge in [-0.1, -0.05) is 0 Å². The van der Waals surface area contributed by atoms with Gasteiger partial charge in [0.05, 0.1) is 20.1 Å². The average molecular weight is 290 g/mol. The van der Waals surface area contributed by atoms with Gasteiger partial charge in [-0.2, -0.15) is 0 Å². The molecule has 3 atom stereocenters.